The molecule has 2 fully saturated rings. The predicted molar refractivity (Wildman–Crippen MR) is 84.8 cm³/mol. The van der Waals surface area contributed by atoms with Crippen LogP contribution in [-0.2, 0) is 11.3 Å². The third kappa shape index (κ3) is 3.67. The summed E-state index contributed by atoms with van der Waals surface area (Å²) in [4.78, 5) is 16.9. The predicted octanol–water partition coefficient (Wildman–Crippen LogP) is 3.05. The summed E-state index contributed by atoms with van der Waals surface area (Å²) in [5.41, 5.74) is 0.730. The lowest BCUT2D eigenvalue weighted by molar-refractivity contribution is -0.138. The van der Waals surface area contributed by atoms with Crippen molar-refractivity contribution in [1.82, 2.24) is 9.80 Å². The second-order valence-electron chi connectivity index (χ2n) is 6.55. The zero-order valence-electron chi connectivity index (χ0n) is 13.1. The Bertz CT molecular complexity index is 514. The van der Waals surface area contributed by atoms with Crippen LogP contribution in [0.1, 0.15) is 37.7 Å². The molecule has 4 heteroatoms. The molecular formula is C18H25FN2O. The monoisotopic (exact) mass is 304 g/mol. The summed E-state index contributed by atoms with van der Waals surface area (Å²) in [6, 6.07) is 6.94. The van der Waals surface area contributed by atoms with Crippen molar-refractivity contribution >= 4 is 5.91 Å². The van der Waals surface area contributed by atoms with Crippen molar-refractivity contribution in [1.29, 1.82) is 0 Å². The molecule has 2 aliphatic rings. The van der Waals surface area contributed by atoms with Crippen molar-refractivity contribution in [2.24, 2.45) is 5.92 Å². The van der Waals surface area contributed by atoms with E-state index in [-0.39, 0.29) is 11.7 Å². The maximum absolute atomic E-state index is 13.8. The van der Waals surface area contributed by atoms with E-state index in [0.29, 0.717) is 12.5 Å². The fraction of sp³-hybridized carbons (Fsp3) is 0.611. The van der Waals surface area contributed by atoms with E-state index in [9.17, 15) is 9.18 Å². The van der Waals surface area contributed by atoms with E-state index >= 15 is 0 Å². The van der Waals surface area contributed by atoms with Crippen molar-refractivity contribution in [2.75, 3.05) is 26.2 Å². The summed E-state index contributed by atoms with van der Waals surface area (Å²) >= 11 is 0. The first kappa shape index (κ1) is 15.5. The number of likely N-dealkylation sites (tertiary alicyclic amines) is 2. The summed E-state index contributed by atoms with van der Waals surface area (Å²) in [5.74, 6) is 0.267. The zero-order valence-corrected chi connectivity index (χ0v) is 13.1. The third-order valence-electron chi connectivity index (χ3n) is 4.87. The van der Waals surface area contributed by atoms with Gasteiger partial charge in [0.05, 0.1) is 5.92 Å². The van der Waals surface area contributed by atoms with Crippen molar-refractivity contribution in [2.45, 2.75) is 38.6 Å². The number of rotatable bonds is 3. The lowest BCUT2D eigenvalue weighted by Gasteiger charge is -2.36. The molecular weight excluding hydrogens is 279 g/mol. The standard InChI is InChI=1S/C18H25FN2O/c19-17-9-3-2-7-15(17)13-20-10-6-8-16(14-20)18(22)21-11-4-1-5-12-21/h2-3,7,9,16H,1,4-6,8,10-14H2/t16-/m1/s1. The first-order chi connectivity index (χ1) is 10.7. The normalized spacial score (nSPS) is 23.5. The van der Waals surface area contributed by atoms with Gasteiger partial charge in [-0.2, -0.15) is 0 Å². The molecule has 2 saturated heterocycles. The molecule has 3 nitrogen and oxygen atoms in total. The minimum Gasteiger partial charge on any atom is -0.342 e. The van der Waals surface area contributed by atoms with Crippen molar-refractivity contribution in [3.8, 4) is 0 Å². The number of nitrogens with zero attached hydrogens (tertiary/aromatic N) is 2. The lowest BCUT2D eigenvalue weighted by atomic mass is 9.95. The maximum Gasteiger partial charge on any atom is 0.226 e. The van der Waals surface area contributed by atoms with Gasteiger partial charge in [0.25, 0.3) is 0 Å². The summed E-state index contributed by atoms with van der Waals surface area (Å²) in [7, 11) is 0. The number of benzene rings is 1. The van der Waals surface area contributed by atoms with E-state index in [2.05, 4.69) is 4.90 Å². The highest BCUT2D eigenvalue weighted by molar-refractivity contribution is 5.79. The van der Waals surface area contributed by atoms with E-state index < -0.39 is 0 Å². The molecule has 2 aliphatic heterocycles. The highest BCUT2D eigenvalue weighted by Crippen LogP contribution is 2.23. The van der Waals surface area contributed by atoms with Crippen LogP contribution in [0.25, 0.3) is 0 Å². The van der Waals surface area contributed by atoms with Gasteiger partial charge in [-0.15, -0.1) is 0 Å². The van der Waals surface area contributed by atoms with E-state index in [1.54, 1.807) is 6.07 Å². The smallest absolute Gasteiger partial charge is 0.226 e. The van der Waals surface area contributed by atoms with Gasteiger partial charge in [0.15, 0.2) is 0 Å². The van der Waals surface area contributed by atoms with Gasteiger partial charge in [-0.1, -0.05) is 18.2 Å². The van der Waals surface area contributed by atoms with Gasteiger partial charge in [-0.25, -0.2) is 4.39 Å². The van der Waals surface area contributed by atoms with Gasteiger partial charge < -0.3 is 4.90 Å². The molecule has 0 unspecified atom stereocenters. The number of hydrogen-bond acceptors (Lipinski definition) is 2. The van der Waals surface area contributed by atoms with Crippen LogP contribution in [0, 0.1) is 11.7 Å². The fourth-order valence-corrected chi connectivity index (χ4v) is 3.64. The minimum atomic E-state index is -0.146. The Kier molecular flexibility index (Phi) is 5.08. The van der Waals surface area contributed by atoms with E-state index in [4.69, 9.17) is 0 Å². The molecule has 0 aliphatic carbocycles. The first-order valence-corrected chi connectivity index (χ1v) is 8.48. The molecule has 1 amide bonds. The van der Waals surface area contributed by atoms with Gasteiger partial charge in [0.1, 0.15) is 5.82 Å². The maximum atomic E-state index is 13.8. The molecule has 2 heterocycles. The van der Waals surface area contributed by atoms with Crippen LogP contribution in [0.4, 0.5) is 4.39 Å². The van der Waals surface area contributed by atoms with Crippen LogP contribution in [0.5, 0.6) is 0 Å². The van der Waals surface area contributed by atoms with Crippen LogP contribution in [0.2, 0.25) is 0 Å². The number of amides is 1. The Balaban J connectivity index is 1.59. The van der Waals surface area contributed by atoms with Crippen LogP contribution < -0.4 is 0 Å². The Morgan fingerprint density at radius 1 is 1.09 bits per heavy atom. The molecule has 0 bridgehead atoms. The summed E-state index contributed by atoms with van der Waals surface area (Å²) in [5, 5.41) is 0. The number of carbonyl (C=O) groups is 1. The lowest BCUT2D eigenvalue weighted by Crippen LogP contribution is -2.46. The van der Waals surface area contributed by atoms with Crippen LogP contribution >= 0.6 is 0 Å². The van der Waals surface area contributed by atoms with Crippen molar-refractivity contribution in [3.05, 3.63) is 35.6 Å². The van der Waals surface area contributed by atoms with E-state index in [1.165, 1.54) is 12.5 Å². The molecule has 0 N–H and O–H groups in total. The van der Waals surface area contributed by atoms with E-state index in [0.717, 1.165) is 57.4 Å². The minimum absolute atomic E-state index is 0.0959. The molecule has 0 aromatic heterocycles. The van der Waals surface area contributed by atoms with Crippen LogP contribution in [0.3, 0.4) is 0 Å². The molecule has 0 spiro atoms. The highest BCUT2D eigenvalue weighted by Gasteiger charge is 2.30. The van der Waals surface area contributed by atoms with Crippen molar-refractivity contribution < 1.29 is 9.18 Å². The average Bonchev–Trinajstić information content (AvgIpc) is 2.57. The number of piperidine rings is 2. The van der Waals surface area contributed by atoms with Crippen LogP contribution in [0.15, 0.2) is 24.3 Å². The Hall–Kier alpha value is -1.42. The number of carbonyl (C=O) groups excluding carboxylic acids is 1. The number of halogens is 1. The molecule has 0 radical (unpaired) electrons. The van der Waals surface area contributed by atoms with Crippen molar-refractivity contribution in [3.63, 3.8) is 0 Å². The largest absolute Gasteiger partial charge is 0.342 e. The molecule has 3 rings (SSSR count). The quantitative estimate of drug-likeness (QED) is 0.857. The molecule has 120 valence electrons. The Morgan fingerprint density at radius 3 is 2.64 bits per heavy atom. The zero-order chi connectivity index (χ0) is 15.4. The van der Waals surface area contributed by atoms with Gasteiger partial charge in [-0.3, -0.25) is 9.69 Å². The van der Waals surface area contributed by atoms with Gasteiger partial charge in [0.2, 0.25) is 5.91 Å². The Labute approximate surface area is 132 Å². The summed E-state index contributed by atoms with van der Waals surface area (Å²) in [6.07, 6.45) is 5.52. The van der Waals surface area contributed by atoms with Gasteiger partial charge >= 0.3 is 0 Å². The second kappa shape index (κ2) is 7.23. The molecule has 1 aromatic rings. The first-order valence-electron chi connectivity index (χ1n) is 8.48. The molecule has 1 atom stereocenters. The third-order valence-corrected chi connectivity index (χ3v) is 4.87. The van der Waals surface area contributed by atoms with E-state index in [1.807, 2.05) is 17.0 Å². The molecule has 0 saturated carbocycles. The highest BCUT2D eigenvalue weighted by atomic mass is 19.1. The number of hydrogen-bond donors (Lipinski definition) is 0. The molecule has 1 aromatic carbocycles. The average molecular weight is 304 g/mol. The van der Waals surface area contributed by atoms with Crippen LogP contribution in [-0.4, -0.2) is 41.9 Å². The Morgan fingerprint density at radius 2 is 1.86 bits per heavy atom. The fourth-order valence-electron chi connectivity index (χ4n) is 3.64. The topological polar surface area (TPSA) is 23.6 Å². The molecule has 22 heavy (non-hydrogen) atoms. The second-order valence-corrected chi connectivity index (χ2v) is 6.55. The SMILES string of the molecule is O=C([C@@H]1CCCN(Cc2ccccc2F)C1)N1CCCCC1. The van der Waals surface area contributed by atoms with Gasteiger partial charge in [0, 0.05) is 31.7 Å². The summed E-state index contributed by atoms with van der Waals surface area (Å²) < 4.78 is 13.8. The summed E-state index contributed by atoms with van der Waals surface area (Å²) in [6.45, 7) is 4.17. The van der Waals surface area contributed by atoms with Gasteiger partial charge in [-0.05, 0) is 44.7 Å².